The average molecular weight is 269 g/mol. The molecule has 1 atom stereocenters. The molecule has 1 N–H and O–H groups in total. The number of esters is 1. The van der Waals surface area contributed by atoms with Crippen LogP contribution in [0.15, 0.2) is 0 Å². The van der Waals surface area contributed by atoms with Crippen LogP contribution in [0.1, 0.15) is 57.2 Å². The molecule has 0 aliphatic heterocycles. The maximum Gasteiger partial charge on any atom is 0.360 e. The Bertz CT molecular complexity index is 433. The molecule has 0 aliphatic rings. The van der Waals surface area contributed by atoms with Crippen molar-refractivity contribution >= 4 is 5.97 Å². The monoisotopic (exact) mass is 269 g/mol. The van der Waals surface area contributed by atoms with Gasteiger partial charge in [0.15, 0.2) is 5.69 Å². The molecule has 0 saturated carbocycles. The highest BCUT2D eigenvalue weighted by molar-refractivity contribution is 5.88. The van der Waals surface area contributed by atoms with Gasteiger partial charge < -0.3 is 9.84 Å². The minimum absolute atomic E-state index is 0.264. The fourth-order valence-electron chi connectivity index (χ4n) is 1.86. The van der Waals surface area contributed by atoms with Crippen molar-refractivity contribution in [3.63, 3.8) is 0 Å². The van der Waals surface area contributed by atoms with Crippen LogP contribution in [0, 0.1) is 0 Å². The van der Waals surface area contributed by atoms with E-state index >= 15 is 0 Å². The number of rotatable bonds is 5. The lowest BCUT2D eigenvalue weighted by molar-refractivity contribution is 0.0516. The number of carbonyl (C=O) groups excluding carboxylic acids is 1. The lowest BCUT2D eigenvalue weighted by atomic mass is 9.90. The van der Waals surface area contributed by atoms with Gasteiger partial charge in [0.05, 0.1) is 18.4 Å². The van der Waals surface area contributed by atoms with Crippen molar-refractivity contribution in [3.8, 4) is 0 Å². The minimum Gasteiger partial charge on any atom is -0.461 e. The molecule has 0 fully saturated rings. The van der Waals surface area contributed by atoms with Crippen molar-refractivity contribution in [2.45, 2.75) is 59.1 Å². The Labute approximate surface area is 113 Å². The second-order valence-electron chi connectivity index (χ2n) is 5.62. The number of nitrogens with zero attached hydrogens (tertiary/aromatic N) is 3. The highest BCUT2D eigenvalue weighted by Gasteiger charge is 2.29. The Kier molecular flexibility index (Phi) is 5.05. The molecular formula is C13H23N3O3. The summed E-state index contributed by atoms with van der Waals surface area (Å²) in [5, 5.41) is 17.3. The van der Waals surface area contributed by atoms with E-state index in [-0.39, 0.29) is 11.1 Å². The summed E-state index contributed by atoms with van der Waals surface area (Å²) >= 11 is 0. The van der Waals surface area contributed by atoms with Crippen molar-refractivity contribution in [1.29, 1.82) is 0 Å². The SMILES string of the molecule is CCOC(=O)c1nnn(CCC(C)O)c1C(C)(C)C. The summed E-state index contributed by atoms with van der Waals surface area (Å²) < 4.78 is 6.68. The summed E-state index contributed by atoms with van der Waals surface area (Å²) in [6.07, 6.45) is 0.150. The maximum atomic E-state index is 11.9. The van der Waals surface area contributed by atoms with Crippen LogP contribution in [0.5, 0.6) is 0 Å². The molecule has 1 unspecified atom stereocenters. The Morgan fingerprint density at radius 3 is 2.58 bits per heavy atom. The first kappa shape index (κ1) is 15.6. The summed E-state index contributed by atoms with van der Waals surface area (Å²) in [7, 11) is 0. The van der Waals surface area contributed by atoms with Gasteiger partial charge in [-0.1, -0.05) is 26.0 Å². The van der Waals surface area contributed by atoms with Crippen molar-refractivity contribution in [3.05, 3.63) is 11.4 Å². The topological polar surface area (TPSA) is 77.2 Å². The zero-order valence-corrected chi connectivity index (χ0v) is 12.3. The summed E-state index contributed by atoms with van der Waals surface area (Å²) in [6.45, 7) is 10.3. The van der Waals surface area contributed by atoms with Crippen LogP contribution in [-0.2, 0) is 16.7 Å². The molecule has 19 heavy (non-hydrogen) atoms. The third-order valence-corrected chi connectivity index (χ3v) is 2.67. The third kappa shape index (κ3) is 4.02. The van der Waals surface area contributed by atoms with Gasteiger partial charge in [-0.3, -0.25) is 0 Å². The van der Waals surface area contributed by atoms with Gasteiger partial charge in [-0.2, -0.15) is 0 Å². The molecule has 0 bridgehead atoms. The van der Waals surface area contributed by atoms with E-state index in [1.165, 1.54) is 0 Å². The van der Waals surface area contributed by atoms with Gasteiger partial charge in [-0.05, 0) is 20.3 Å². The molecular weight excluding hydrogens is 246 g/mol. The molecule has 1 rings (SSSR count). The van der Waals surface area contributed by atoms with E-state index in [9.17, 15) is 9.90 Å². The third-order valence-electron chi connectivity index (χ3n) is 2.67. The molecule has 6 nitrogen and oxygen atoms in total. The quantitative estimate of drug-likeness (QED) is 0.820. The van der Waals surface area contributed by atoms with E-state index in [0.717, 1.165) is 5.69 Å². The predicted octanol–water partition coefficient (Wildman–Crippen LogP) is 1.52. The van der Waals surface area contributed by atoms with Gasteiger partial charge in [0, 0.05) is 12.0 Å². The first-order valence-corrected chi connectivity index (χ1v) is 6.56. The largest absolute Gasteiger partial charge is 0.461 e. The predicted molar refractivity (Wildman–Crippen MR) is 71.0 cm³/mol. The van der Waals surface area contributed by atoms with Gasteiger partial charge in [0.1, 0.15) is 0 Å². The number of aliphatic hydroxyl groups is 1. The van der Waals surface area contributed by atoms with Crippen molar-refractivity contribution < 1.29 is 14.6 Å². The second-order valence-corrected chi connectivity index (χ2v) is 5.62. The Morgan fingerprint density at radius 2 is 2.11 bits per heavy atom. The number of aromatic nitrogens is 3. The highest BCUT2D eigenvalue weighted by Crippen LogP contribution is 2.25. The highest BCUT2D eigenvalue weighted by atomic mass is 16.5. The molecule has 0 spiro atoms. The number of ether oxygens (including phenoxy) is 1. The molecule has 108 valence electrons. The molecule has 0 aliphatic carbocycles. The summed E-state index contributed by atoms with van der Waals surface area (Å²) in [6, 6.07) is 0. The van der Waals surface area contributed by atoms with Crippen LogP contribution >= 0.6 is 0 Å². The van der Waals surface area contributed by atoms with Crippen LogP contribution in [0.3, 0.4) is 0 Å². The van der Waals surface area contributed by atoms with Gasteiger partial charge in [-0.15, -0.1) is 5.10 Å². The molecule has 1 aromatic rings. The number of aryl methyl sites for hydroxylation is 1. The molecule has 6 heteroatoms. The van der Waals surface area contributed by atoms with Gasteiger partial charge in [-0.25, -0.2) is 9.48 Å². The van der Waals surface area contributed by atoms with E-state index < -0.39 is 12.1 Å². The Balaban J connectivity index is 3.09. The number of hydrogen-bond acceptors (Lipinski definition) is 5. The zero-order valence-electron chi connectivity index (χ0n) is 12.3. The standard InChI is InChI=1S/C13H23N3O3/c1-6-19-12(18)10-11(13(3,4)5)16(15-14-10)8-7-9(2)17/h9,17H,6-8H2,1-5H3. The molecule has 0 saturated heterocycles. The minimum atomic E-state index is -0.448. The summed E-state index contributed by atoms with van der Waals surface area (Å²) in [4.78, 5) is 11.9. The molecule has 1 aromatic heterocycles. The van der Waals surface area contributed by atoms with Crippen LogP contribution < -0.4 is 0 Å². The van der Waals surface area contributed by atoms with Crippen LogP contribution in [0.4, 0.5) is 0 Å². The Morgan fingerprint density at radius 1 is 1.47 bits per heavy atom. The first-order chi connectivity index (χ1) is 8.77. The second kappa shape index (κ2) is 6.14. The fraction of sp³-hybridized carbons (Fsp3) is 0.769. The smallest absolute Gasteiger partial charge is 0.360 e. The molecule has 1 heterocycles. The lowest BCUT2D eigenvalue weighted by Gasteiger charge is -2.21. The van der Waals surface area contributed by atoms with E-state index in [2.05, 4.69) is 10.3 Å². The lowest BCUT2D eigenvalue weighted by Crippen LogP contribution is -2.23. The normalized spacial score (nSPS) is 13.4. The van der Waals surface area contributed by atoms with Gasteiger partial charge >= 0.3 is 5.97 Å². The molecule has 0 radical (unpaired) electrons. The van der Waals surface area contributed by atoms with E-state index in [0.29, 0.717) is 19.6 Å². The van der Waals surface area contributed by atoms with Crippen molar-refractivity contribution in [1.82, 2.24) is 15.0 Å². The van der Waals surface area contributed by atoms with Crippen LogP contribution in [-0.4, -0.2) is 38.8 Å². The van der Waals surface area contributed by atoms with E-state index in [4.69, 9.17) is 4.74 Å². The van der Waals surface area contributed by atoms with Crippen molar-refractivity contribution in [2.75, 3.05) is 6.61 Å². The number of hydrogen-bond donors (Lipinski definition) is 1. The van der Waals surface area contributed by atoms with E-state index in [1.54, 1.807) is 18.5 Å². The van der Waals surface area contributed by atoms with Gasteiger partial charge in [0.25, 0.3) is 0 Å². The average Bonchev–Trinajstić information content (AvgIpc) is 2.70. The Hall–Kier alpha value is -1.43. The number of aliphatic hydroxyl groups excluding tert-OH is 1. The molecule has 0 aromatic carbocycles. The number of carbonyl (C=O) groups is 1. The summed E-state index contributed by atoms with van der Waals surface area (Å²) in [5.41, 5.74) is 0.733. The van der Waals surface area contributed by atoms with Crippen LogP contribution in [0.2, 0.25) is 0 Å². The fourth-order valence-corrected chi connectivity index (χ4v) is 1.86. The van der Waals surface area contributed by atoms with Gasteiger partial charge in [0.2, 0.25) is 0 Å². The first-order valence-electron chi connectivity index (χ1n) is 6.56. The van der Waals surface area contributed by atoms with E-state index in [1.807, 2.05) is 20.8 Å². The van der Waals surface area contributed by atoms with Crippen molar-refractivity contribution in [2.24, 2.45) is 0 Å². The zero-order chi connectivity index (χ0) is 14.6. The van der Waals surface area contributed by atoms with Crippen LogP contribution in [0.25, 0.3) is 0 Å². The summed E-state index contributed by atoms with van der Waals surface area (Å²) in [5.74, 6) is -0.448. The maximum absolute atomic E-state index is 11.9. The molecule has 0 amide bonds.